The van der Waals surface area contributed by atoms with Crippen molar-refractivity contribution >= 4 is 32.9 Å². The van der Waals surface area contributed by atoms with E-state index in [0.717, 1.165) is 17.8 Å². The maximum atomic E-state index is 11.5. The SMILES string of the molecule is CC1CN(c2ccc3scnc3c2[N+](=O)[O-])CC(C)N1. The summed E-state index contributed by atoms with van der Waals surface area (Å²) in [6, 6.07) is 4.39. The first-order chi connectivity index (χ1) is 9.56. The molecule has 20 heavy (non-hydrogen) atoms. The molecule has 7 heteroatoms. The molecule has 3 rings (SSSR count). The first-order valence-electron chi connectivity index (χ1n) is 6.58. The third-order valence-corrected chi connectivity index (χ3v) is 4.33. The van der Waals surface area contributed by atoms with Gasteiger partial charge in [-0.25, -0.2) is 4.98 Å². The number of nitro groups is 1. The van der Waals surface area contributed by atoms with Crippen molar-refractivity contribution in [2.24, 2.45) is 0 Å². The van der Waals surface area contributed by atoms with E-state index in [2.05, 4.69) is 29.0 Å². The maximum absolute atomic E-state index is 11.5. The van der Waals surface area contributed by atoms with E-state index in [-0.39, 0.29) is 10.6 Å². The second-order valence-electron chi connectivity index (χ2n) is 5.26. The molecule has 1 aliphatic heterocycles. The molecule has 1 aromatic heterocycles. The molecule has 0 spiro atoms. The van der Waals surface area contributed by atoms with E-state index in [4.69, 9.17) is 0 Å². The molecule has 0 bridgehead atoms. The normalized spacial score (nSPS) is 23.2. The fraction of sp³-hybridized carbons (Fsp3) is 0.462. The number of nitrogens with zero attached hydrogens (tertiary/aromatic N) is 3. The zero-order valence-corrected chi connectivity index (χ0v) is 12.2. The molecular weight excluding hydrogens is 276 g/mol. The predicted octanol–water partition coefficient (Wildman–Crippen LogP) is 2.39. The summed E-state index contributed by atoms with van der Waals surface area (Å²) in [7, 11) is 0. The van der Waals surface area contributed by atoms with Crippen LogP contribution in [0.3, 0.4) is 0 Å². The van der Waals surface area contributed by atoms with E-state index in [0.29, 0.717) is 23.3 Å². The lowest BCUT2D eigenvalue weighted by Gasteiger charge is -2.37. The number of hydrogen-bond donors (Lipinski definition) is 1. The summed E-state index contributed by atoms with van der Waals surface area (Å²) in [6.45, 7) is 5.72. The van der Waals surface area contributed by atoms with Crippen molar-refractivity contribution in [3.63, 3.8) is 0 Å². The molecule has 0 radical (unpaired) electrons. The van der Waals surface area contributed by atoms with E-state index in [9.17, 15) is 10.1 Å². The molecule has 1 aromatic carbocycles. The van der Waals surface area contributed by atoms with Gasteiger partial charge in [-0.05, 0) is 26.0 Å². The van der Waals surface area contributed by atoms with Crippen LogP contribution in [0.25, 0.3) is 10.2 Å². The van der Waals surface area contributed by atoms with E-state index in [1.54, 1.807) is 5.51 Å². The minimum Gasteiger partial charge on any atom is -0.363 e. The fourth-order valence-corrected chi connectivity index (χ4v) is 3.54. The zero-order chi connectivity index (χ0) is 14.3. The first kappa shape index (κ1) is 13.3. The van der Waals surface area contributed by atoms with Gasteiger partial charge in [0.15, 0.2) is 5.52 Å². The smallest absolute Gasteiger partial charge is 0.319 e. The Morgan fingerprint density at radius 1 is 1.40 bits per heavy atom. The Kier molecular flexibility index (Phi) is 3.31. The quantitative estimate of drug-likeness (QED) is 0.679. The standard InChI is InChI=1S/C13H16N4O2S/c1-8-5-16(6-9(2)15-8)10-3-4-11-12(14-7-20-11)13(10)17(18)19/h3-4,7-9,15H,5-6H2,1-2H3. The number of nitro benzene ring substituents is 1. The van der Waals surface area contributed by atoms with Gasteiger partial charge in [0.2, 0.25) is 0 Å². The number of anilines is 1. The summed E-state index contributed by atoms with van der Waals surface area (Å²) in [5, 5.41) is 14.9. The number of fused-ring (bicyclic) bond motifs is 1. The number of thiazole rings is 1. The maximum Gasteiger partial charge on any atom is 0.319 e. The Balaban J connectivity index is 2.10. The third-order valence-electron chi connectivity index (χ3n) is 3.54. The topological polar surface area (TPSA) is 71.3 Å². The van der Waals surface area contributed by atoms with E-state index < -0.39 is 0 Å². The Labute approximate surface area is 120 Å². The van der Waals surface area contributed by atoms with Crippen molar-refractivity contribution in [1.82, 2.24) is 10.3 Å². The molecule has 2 heterocycles. The highest BCUT2D eigenvalue weighted by atomic mass is 32.1. The molecule has 2 atom stereocenters. The highest BCUT2D eigenvalue weighted by Crippen LogP contribution is 2.37. The van der Waals surface area contributed by atoms with Crippen LogP contribution < -0.4 is 10.2 Å². The van der Waals surface area contributed by atoms with Crippen LogP contribution in [-0.4, -0.2) is 35.1 Å². The van der Waals surface area contributed by atoms with Gasteiger partial charge in [-0.15, -0.1) is 11.3 Å². The van der Waals surface area contributed by atoms with Crippen LogP contribution >= 0.6 is 11.3 Å². The second kappa shape index (κ2) is 4.99. The van der Waals surface area contributed by atoms with Crippen LogP contribution in [0, 0.1) is 10.1 Å². The van der Waals surface area contributed by atoms with Gasteiger partial charge in [-0.1, -0.05) is 0 Å². The van der Waals surface area contributed by atoms with Crippen molar-refractivity contribution in [3.8, 4) is 0 Å². The monoisotopic (exact) mass is 292 g/mol. The van der Waals surface area contributed by atoms with Gasteiger partial charge < -0.3 is 10.2 Å². The van der Waals surface area contributed by atoms with Gasteiger partial charge in [-0.3, -0.25) is 10.1 Å². The predicted molar refractivity (Wildman–Crippen MR) is 80.5 cm³/mol. The molecule has 2 aromatic rings. The molecular formula is C13H16N4O2S. The number of benzene rings is 1. The van der Waals surface area contributed by atoms with Crippen molar-refractivity contribution in [3.05, 3.63) is 27.8 Å². The van der Waals surface area contributed by atoms with E-state index >= 15 is 0 Å². The number of hydrogen-bond acceptors (Lipinski definition) is 6. The molecule has 0 saturated carbocycles. The Morgan fingerprint density at radius 3 is 2.75 bits per heavy atom. The van der Waals surface area contributed by atoms with Crippen LogP contribution in [0.1, 0.15) is 13.8 Å². The molecule has 1 fully saturated rings. The molecule has 1 saturated heterocycles. The molecule has 0 aliphatic carbocycles. The summed E-state index contributed by atoms with van der Waals surface area (Å²) in [5.41, 5.74) is 2.96. The van der Waals surface area contributed by atoms with Gasteiger partial charge in [0.05, 0.1) is 15.1 Å². The second-order valence-corrected chi connectivity index (χ2v) is 6.15. The molecule has 2 unspecified atom stereocenters. The minimum atomic E-state index is -0.311. The van der Waals surface area contributed by atoms with Crippen LogP contribution in [0.2, 0.25) is 0 Å². The van der Waals surface area contributed by atoms with Gasteiger partial charge >= 0.3 is 5.69 Å². The summed E-state index contributed by atoms with van der Waals surface area (Å²) in [6.07, 6.45) is 0. The lowest BCUT2D eigenvalue weighted by Crippen LogP contribution is -2.54. The third kappa shape index (κ3) is 2.23. The Morgan fingerprint density at radius 2 is 2.10 bits per heavy atom. The summed E-state index contributed by atoms with van der Waals surface area (Å²) in [5.74, 6) is 0. The van der Waals surface area contributed by atoms with E-state index in [1.807, 2.05) is 12.1 Å². The van der Waals surface area contributed by atoms with Crippen molar-refractivity contribution in [2.75, 3.05) is 18.0 Å². The van der Waals surface area contributed by atoms with Crippen LogP contribution in [0.5, 0.6) is 0 Å². The summed E-state index contributed by atoms with van der Waals surface area (Å²) >= 11 is 1.43. The molecule has 106 valence electrons. The molecule has 1 aliphatic rings. The average molecular weight is 292 g/mol. The number of piperazine rings is 1. The zero-order valence-electron chi connectivity index (χ0n) is 11.4. The summed E-state index contributed by atoms with van der Waals surface area (Å²) in [4.78, 5) is 17.4. The molecule has 0 amide bonds. The van der Waals surface area contributed by atoms with Crippen molar-refractivity contribution < 1.29 is 4.92 Å². The number of nitrogens with one attached hydrogen (secondary N) is 1. The van der Waals surface area contributed by atoms with Gasteiger partial charge in [0, 0.05) is 25.2 Å². The van der Waals surface area contributed by atoms with Crippen LogP contribution in [0.4, 0.5) is 11.4 Å². The van der Waals surface area contributed by atoms with Crippen molar-refractivity contribution in [2.45, 2.75) is 25.9 Å². The molecule has 6 nitrogen and oxygen atoms in total. The number of rotatable bonds is 2. The Hall–Kier alpha value is -1.73. The Bertz CT molecular complexity index is 647. The van der Waals surface area contributed by atoms with Crippen LogP contribution in [0.15, 0.2) is 17.6 Å². The van der Waals surface area contributed by atoms with Gasteiger partial charge in [-0.2, -0.15) is 0 Å². The van der Waals surface area contributed by atoms with Gasteiger partial charge in [0.25, 0.3) is 0 Å². The van der Waals surface area contributed by atoms with Crippen molar-refractivity contribution in [1.29, 1.82) is 0 Å². The van der Waals surface area contributed by atoms with Crippen LogP contribution in [-0.2, 0) is 0 Å². The molecule has 1 N–H and O–H groups in total. The van der Waals surface area contributed by atoms with Gasteiger partial charge in [0.1, 0.15) is 5.69 Å². The first-order valence-corrected chi connectivity index (χ1v) is 7.46. The lowest BCUT2D eigenvalue weighted by atomic mass is 10.1. The summed E-state index contributed by atoms with van der Waals surface area (Å²) < 4.78 is 0.858. The average Bonchev–Trinajstić information content (AvgIpc) is 2.83. The fourth-order valence-electron chi connectivity index (χ4n) is 2.86. The highest BCUT2D eigenvalue weighted by Gasteiger charge is 2.29. The largest absolute Gasteiger partial charge is 0.363 e. The highest BCUT2D eigenvalue weighted by molar-refractivity contribution is 7.16. The van der Waals surface area contributed by atoms with E-state index in [1.165, 1.54) is 11.3 Å². The lowest BCUT2D eigenvalue weighted by molar-refractivity contribution is -0.382. The minimum absolute atomic E-state index is 0.130. The number of aromatic nitrogens is 1.